The first-order valence-corrected chi connectivity index (χ1v) is 8.96. The third kappa shape index (κ3) is 3.68. The quantitative estimate of drug-likeness (QED) is 0.675. The van der Waals surface area contributed by atoms with Crippen molar-refractivity contribution >= 4 is 30.3 Å². The number of carboxylic acids is 2. The van der Waals surface area contributed by atoms with Gasteiger partial charge in [-0.15, -0.1) is 0 Å². The molecule has 0 fully saturated rings. The Hall–Kier alpha value is -3.30. The molecular formula is C20H14O5P+. The molecule has 26 heavy (non-hydrogen) atoms. The Balaban J connectivity index is 1.97. The van der Waals surface area contributed by atoms with Crippen LogP contribution in [0.15, 0.2) is 72.8 Å². The van der Waals surface area contributed by atoms with Crippen LogP contribution in [-0.4, -0.2) is 22.2 Å². The van der Waals surface area contributed by atoms with Crippen molar-refractivity contribution in [2.45, 2.75) is 0 Å². The first kappa shape index (κ1) is 17.5. The highest BCUT2D eigenvalue weighted by molar-refractivity contribution is 7.61. The van der Waals surface area contributed by atoms with Crippen molar-refractivity contribution in [3.8, 4) is 11.1 Å². The van der Waals surface area contributed by atoms with Crippen LogP contribution in [0.2, 0.25) is 0 Å². The minimum atomic E-state index is -1.72. The number of hydrogen-bond acceptors (Lipinski definition) is 3. The second-order valence-corrected chi connectivity index (χ2v) is 7.21. The van der Waals surface area contributed by atoms with Crippen LogP contribution in [0.5, 0.6) is 0 Å². The normalized spacial score (nSPS) is 11.0. The molecule has 6 heteroatoms. The molecule has 0 heterocycles. The average Bonchev–Trinajstić information content (AvgIpc) is 2.67. The fourth-order valence-corrected chi connectivity index (χ4v) is 3.70. The van der Waals surface area contributed by atoms with Crippen LogP contribution in [0.1, 0.15) is 20.7 Å². The maximum absolute atomic E-state index is 12.6. The highest BCUT2D eigenvalue weighted by Gasteiger charge is 2.22. The third-order valence-corrected chi connectivity index (χ3v) is 5.39. The smallest absolute Gasteiger partial charge is 0.415 e. The van der Waals surface area contributed by atoms with E-state index in [1.807, 2.05) is 18.2 Å². The molecule has 128 valence electrons. The fraction of sp³-hybridized carbons (Fsp3) is 0. The van der Waals surface area contributed by atoms with Crippen molar-refractivity contribution < 1.29 is 24.4 Å². The summed E-state index contributed by atoms with van der Waals surface area (Å²) in [5.74, 6) is -2.39. The van der Waals surface area contributed by atoms with Gasteiger partial charge in [0.05, 0.1) is 11.1 Å². The van der Waals surface area contributed by atoms with Crippen LogP contribution in [0.25, 0.3) is 11.1 Å². The molecule has 0 amide bonds. The molecule has 3 aromatic rings. The lowest BCUT2D eigenvalue weighted by atomic mass is 10.00. The van der Waals surface area contributed by atoms with Gasteiger partial charge in [-0.3, -0.25) is 0 Å². The molecule has 5 nitrogen and oxygen atoms in total. The van der Waals surface area contributed by atoms with E-state index >= 15 is 0 Å². The molecule has 0 aliphatic rings. The molecule has 3 rings (SSSR count). The maximum atomic E-state index is 12.6. The van der Waals surface area contributed by atoms with Gasteiger partial charge >= 0.3 is 19.7 Å². The number of hydrogen-bond donors (Lipinski definition) is 2. The molecule has 0 aromatic heterocycles. The van der Waals surface area contributed by atoms with Gasteiger partial charge in [-0.2, -0.15) is 0 Å². The zero-order valence-electron chi connectivity index (χ0n) is 13.5. The Labute approximate surface area is 150 Å². The first-order chi connectivity index (χ1) is 12.5. The predicted octanol–water partition coefficient (Wildman–Crippen LogP) is 3.53. The van der Waals surface area contributed by atoms with Crippen molar-refractivity contribution in [3.63, 3.8) is 0 Å². The van der Waals surface area contributed by atoms with E-state index < -0.39 is 19.7 Å². The van der Waals surface area contributed by atoms with E-state index in [-0.39, 0.29) is 11.1 Å². The molecular weight excluding hydrogens is 351 g/mol. The summed E-state index contributed by atoms with van der Waals surface area (Å²) >= 11 is 0. The molecule has 0 saturated heterocycles. The Kier molecular flexibility index (Phi) is 4.92. The van der Waals surface area contributed by atoms with Crippen molar-refractivity contribution in [1.29, 1.82) is 0 Å². The summed E-state index contributed by atoms with van der Waals surface area (Å²) in [5, 5.41) is 19.7. The number of carboxylic acid groups (broad SMARTS) is 2. The van der Waals surface area contributed by atoms with Crippen LogP contribution < -0.4 is 10.6 Å². The summed E-state index contributed by atoms with van der Waals surface area (Å²) in [7, 11) is -1.72. The Morgan fingerprint density at radius 3 is 1.65 bits per heavy atom. The second kappa shape index (κ2) is 7.30. The van der Waals surface area contributed by atoms with Gasteiger partial charge in [-0.05, 0) is 65.7 Å². The van der Waals surface area contributed by atoms with Crippen LogP contribution in [-0.2, 0) is 4.57 Å². The van der Waals surface area contributed by atoms with Crippen molar-refractivity contribution in [2.75, 3.05) is 0 Å². The SMILES string of the molecule is O=C(O)c1cc(C(=O)O)cc(-c2ccc([P+](=O)c3ccccc3)cc2)c1. The van der Waals surface area contributed by atoms with Gasteiger partial charge in [0.15, 0.2) is 10.6 Å². The lowest BCUT2D eigenvalue weighted by Crippen LogP contribution is -2.06. The predicted molar refractivity (Wildman–Crippen MR) is 99.1 cm³/mol. The van der Waals surface area contributed by atoms with Crippen molar-refractivity contribution in [1.82, 2.24) is 0 Å². The van der Waals surface area contributed by atoms with Crippen LogP contribution >= 0.6 is 7.80 Å². The molecule has 3 aromatic carbocycles. The summed E-state index contributed by atoms with van der Waals surface area (Å²) in [5.41, 5.74) is 0.929. The van der Waals surface area contributed by atoms with Gasteiger partial charge in [0, 0.05) is 0 Å². The fourth-order valence-electron chi connectivity index (χ4n) is 2.54. The van der Waals surface area contributed by atoms with Gasteiger partial charge in [0.2, 0.25) is 0 Å². The minimum Gasteiger partial charge on any atom is -0.478 e. The number of rotatable bonds is 5. The third-order valence-electron chi connectivity index (χ3n) is 3.85. The number of aromatic carboxylic acids is 2. The molecule has 0 saturated carbocycles. The van der Waals surface area contributed by atoms with Crippen LogP contribution in [0.3, 0.4) is 0 Å². The zero-order chi connectivity index (χ0) is 18.7. The Morgan fingerprint density at radius 1 is 0.654 bits per heavy atom. The molecule has 0 aliphatic carbocycles. The lowest BCUT2D eigenvalue weighted by Gasteiger charge is -2.05. The topological polar surface area (TPSA) is 91.7 Å². The Morgan fingerprint density at radius 2 is 1.15 bits per heavy atom. The molecule has 0 spiro atoms. The van der Waals surface area contributed by atoms with Crippen LogP contribution in [0.4, 0.5) is 0 Å². The van der Waals surface area contributed by atoms with Gasteiger partial charge in [-0.1, -0.05) is 22.8 Å². The minimum absolute atomic E-state index is 0.0978. The van der Waals surface area contributed by atoms with Gasteiger partial charge in [-0.25, -0.2) is 9.59 Å². The van der Waals surface area contributed by atoms with Gasteiger partial charge in [0.25, 0.3) is 0 Å². The summed E-state index contributed by atoms with van der Waals surface area (Å²) in [6.07, 6.45) is 0. The molecule has 2 N–H and O–H groups in total. The van der Waals surface area contributed by atoms with Crippen molar-refractivity contribution in [2.24, 2.45) is 0 Å². The molecule has 1 unspecified atom stereocenters. The van der Waals surface area contributed by atoms with E-state index in [2.05, 4.69) is 0 Å². The highest BCUT2D eigenvalue weighted by Crippen LogP contribution is 2.25. The lowest BCUT2D eigenvalue weighted by molar-refractivity contribution is 0.0696. The van der Waals surface area contributed by atoms with E-state index in [9.17, 15) is 24.4 Å². The summed E-state index contributed by atoms with van der Waals surface area (Å²) in [6.45, 7) is 0. The molecule has 0 bridgehead atoms. The number of benzene rings is 3. The average molecular weight is 365 g/mol. The van der Waals surface area contributed by atoms with E-state index in [1.165, 1.54) is 12.1 Å². The maximum Gasteiger partial charge on any atom is 0.415 e. The first-order valence-electron chi connectivity index (χ1n) is 7.70. The summed E-state index contributed by atoms with van der Waals surface area (Å²) in [6, 6.07) is 19.9. The second-order valence-electron chi connectivity index (χ2n) is 5.59. The summed E-state index contributed by atoms with van der Waals surface area (Å²) in [4.78, 5) is 22.5. The zero-order valence-corrected chi connectivity index (χ0v) is 14.4. The summed E-state index contributed by atoms with van der Waals surface area (Å²) < 4.78 is 12.6. The monoisotopic (exact) mass is 365 g/mol. The van der Waals surface area contributed by atoms with Crippen molar-refractivity contribution in [3.05, 3.63) is 83.9 Å². The number of carbonyl (C=O) groups is 2. The van der Waals surface area contributed by atoms with E-state index in [0.717, 1.165) is 11.4 Å². The standard InChI is InChI=1S/C20H13O5P/c21-19(22)15-10-14(11-16(12-15)20(23)24)13-6-8-18(9-7-13)26(25)17-4-2-1-3-5-17/h1-12H,(H-,21,22,23,24)/p+1. The van der Waals surface area contributed by atoms with Crippen LogP contribution in [0, 0.1) is 0 Å². The molecule has 0 aliphatic heterocycles. The Bertz CT molecular complexity index is 962. The molecule has 1 atom stereocenters. The van der Waals surface area contributed by atoms with E-state index in [4.69, 9.17) is 0 Å². The van der Waals surface area contributed by atoms with E-state index in [0.29, 0.717) is 16.4 Å². The van der Waals surface area contributed by atoms with Gasteiger partial charge in [0.1, 0.15) is 0 Å². The van der Waals surface area contributed by atoms with E-state index in [1.54, 1.807) is 36.4 Å². The molecule has 0 radical (unpaired) electrons. The largest absolute Gasteiger partial charge is 0.478 e. The highest BCUT2D eigenvalue weighted by atomic mass is 31.1. The van der Waals surface area contributed by atoms with Gasteiger partial charge < -0.3 is 10.2 Å².